The predicted molar refractivity (Wildman–Crippen MR) is 108 cm³/mol. The van der Waals surface area contributed by atoms with Crippen molar-refractivity contribution in [3.8, 4) is 0 Å². The highest BCUT2D eigenvalue weighted by Crippen LogP contribution is 1.99. The SMILES string of the molecule is NC(=O)CC(NC(=O)C(CC(=O)O)NC(=O)CNC(=O)C(N)CCCN=C(N)N)C(=O)O. The molecule has 0 saturated carbocycles. The molecule has 0 rings (SSSR count). The summed E-state index contributed by atoms with van der Waals surface area (Å²) in [6, 6.07) is -4.37. The Balaban J connectivity index is 4.80. The van der Waals surface area contributed by atoms with Crippen LogP contribution in [0.25, 0.3) is 0 Å². The number of amides is 4. The van der Waals surface area contributed by atoms with E-state index in [0.717, 1.165) is 0 Å². The summed E-state index contributed by atoms with van der Waals surface area (Å²) < 4.78 is 0. The van der Waals surface area contributed by atoms with Crippen molar-refractivity contribution in [2.75, 3.05) is 13.1 Å². The number of aliphatic imine (C=N–C) groups is 1. The number of carbonyl (C=O) groups is 6. The smallest absolute Gasteiger partial charge is 0.326 e. The number of guanidine groups is 1. The standard InChI is InChI=1S/C16H28N8O8/c17-7(2-1-3-21-16(19)20)13(29)22-6-11(26)23-8(5-12(27)28)14(30)24-9(15(31)32)4-10(18)25/h7-9H,1-6,17H2,(H2,18,25)(H,22,29)(H,23,26)(H,24,30)(H,27,28)(H,31,32)(H4,19,20,21). The molecule has 16 heteroatoms. The molecule has 16 nitrogen and oxygen atoms in total. The van der Waals surface area contributed by atoms with E-state index in [0.29, 0.717) is 6.42 Å². The molecule has 180 valence electrons. The fraction of sp³-hybridized carbons (Fsp3) is 0.562. The number of nitrogens with zero attached hydrogens (tertiary/aromatic N) is 1. The second kappa shape index (κ2) is 14.1. The summed E-state index contributed by atoms with van der Waals surface area (Å²) in [5, 5.41) is 24.1. The van der Waals surface area contributed by atoms with Gasteiger partial charge in [0, 0.05) is 6.54 Å². The molecule has 0 aliphatic carbocycles. The molecule has 0 radical (unpaired) electrons. The van der Waals surface area contributed by atoms with Crippen LogP contribution >= 0.6 is 0 Å². The van der Waals surface area contributed by atoms with Gasteiger partial charge in [-0.3, -0.25) is 29.0 Å². The van der Waals surface area contributed by atoms with Gasteiger partial charge in [-0.25, -0.2) is 4.79 Å². The van der Waals surface area contributed by atoms with Crippen molar-refractivity contribution in [2.45, 2.75) is 43.8 Å². The number of nitrogens with two attached hydrogens (primary N) is 4. The molecule has 3 unspecified atom stereocenters. The lowest BCUT2D eigenvalue weighted by Gasteiger charge is -2.20. The number of carboxylic acid groups (broad SMARTS) is 2. The summed E-state index contributed by atoms with van der Waals surface area (Å²) >= 11 is 0. The van der Waals surface area contributed by atoms with Crippen molar-refractivity contribution in [3.63, 3.8) is 0 Å². The summed E-state index contributed by atoms with van der Waals surface area (Å²) in [4.78, 5) is 72.9. The third kappa shape index (κ3) is 12.6. The van der Waals surface area contributed by atoms with E-state index < -0.39 is 73.1 Å². The fourth-order valence-electron chi connectivity index (χ4n) is 2.25. The first kappa shape index (κ1) is 28.0. The Bertz CT molecular complexity index is 752. The largest absolute Gasteiger partial charge is 0.481 e. The zero-order valence-corrected chi connectivity index (χ0v) is 17.1. The zero-order valence-electron chi connectivity index (χ0n) is 17.1. The Morgan fingerprint density at radius 1 is 0.875 bits per heavy atom. The number of carbonyl (C=O) groups excluding carboxylic acids is 4. The molecule has 0 fully saturated rings. The maximum absolute atomic E-state index is 12.2. The number of primary amides is 1. The molecule has 0 aromatic rings. The minimum atomic E-state index is -1.72. The Labute approximate surface area is 182 Å². The average Bonchev–Trinajstić information content (AvgIpc) is 2.67. The van der Waals surface area contributed by atoms with Crippen molar-refractivity contribution >= 4 is 41.5 Å². The van der Waals surface area contributed by atoms with Crippen LogP contribution in [0.3, 0.4) is 0 Å². The van der Waals surface area contributed by atoms with E-state index in [1.165, 1.54) is 0 Å². The Morgan fingerprint density at radius 2 is 1.50 bits per heavy atom. The van der Waals surface area contributed by atoms with Crippen molar-refractivity contribution in [1.29, 1.82) is 0 Å². The van der Waals surface area contributed by atoms with E-state index >= 15 is 0 Å². The van der Waals surface area contributed by atoms with Crippen LogP contribution in [-0.2, 0) is 28.8 Å². The summed E-state index contributed by atoms with van der Waals surface area (Å²) in [6.07, 6.45) is -1.02. The highest BCUT2D eigenvalue weighted by molar-refractivity contribution is 5.95. The molecule has 0 heterocycles. The topological polar surface area (TPSA) is 295 Å². The Morgan fingerprint density at radius 3 is 2.00 bits per heavy atom. The number of aliphatic carboxylic acids is 2. The predicted octanol–water partition coefficient (Wildman–Crippen LogP) is -5.11. The van der Waals surface area contributed by atoms with Gasteiger partial charge in [0.1, 0.15) is 12.1 Å². The number of hydrogen-bond acceptors (Lipinski definition) is 8. The third-order valence-electron chi connectivity index (χ3n) is 3.78. The highest BCUT2D eigenvalue weighted by atomic mass is 16.4. The third-order valence-corrected chi connectivity index (χ3v) is 3.78. The van der Waals surface area contributed by atoms with Gasteiger partial charge in [0.2, 0.25) is 23.6 Å². The minimum Gasteiger partial charge on any atom is -0.481 e. The van der Waals surface area contributed by atoms with E-state index in [9.17, 15) is 28.8 Å². The van der Waals surface area contributed by atoms with Crippen LogP contribution in [0, 0.1) is 0 Å². The van der Waals surface area contributed by atoms with Crippen LogP contribution in [0.4, 0.5) is 0 Å². The lowest BCUT2D eigenvalue weighted by molar-refractivity contribution is -0.144. The number of nitrogens with one attached hydrogen (secondary N) is 3. The molecule has 0 bridgehead atoms. The van der Waals surface area contributed by atoms with Gasteiger partial charge in [-0.05, 0) is 12.8 Å². The molecule has 32 heavy (non-hydrogen) atoms. The summed E-state index contributed by atoms with van der Waals surface area (Å²) in [5.74, 6) is -6.97. The van der Waals surface area contributed by atoms with Crippen molar-refractivity contribution < 1.29 is 39.0 Å². The van der Waals surface area contributed by atoms with Gasteiger partial charge < -0.3 is 49.1 Å². The second-order valence-electron chi connectivity index (χ2n) is 6.56. The molecule has 0 aliphatic rings. The number of rotatable bonds is 15. The molecule has 13 N–H and O–H groups in total. The summed E-state index contributed by atoms with van der Waals surface area (Å²) in [6.45, 7) is -0.379. The van der Waals surface area contributed by atoms with Crippen molar-refractivity contribution in [2.24, 2.45) is 27.9 Å². The van der Waals surface area contributed by atoms with Gasteiger partial charge in [0.25, 0.3) is 0 Å². The van der Waals surface area contributed by atoms with E-state index in [4.69, 9.17) is 33.1 Å². The van der Waals surface area contributed by atoms with E-state index in [1.807, 2.05) is 5.32 Å². The lowest BCUT2D eigenvalue weighted by atomic mass is 10.1. The van der Waals surface area contributed by atoms with Gasteiger partial charge in [0.15, 0.2) is 5.96 Å². The average molecular weight is 460 g/mol. The maximum atomic E-state index is 12.2. The Kier molecular flexibility index (Phi) is 12.4. The maximum Gasteiger partial charge on any atom is 0.326 e. The first-order valence-corrected chi connectivity index (χ1v) is 9.24. The molecule has 0 saturated heterocycles. The Hall–Kier alpha value is -3.95. The van der Waals surface area contributed by atoms with E-state index in [1.54, 1.807) is 0 Å². The second-order valence-corrected chi connectivity index (χ2v) is 6.56. The fourth-order valence-corrected chi connectivity index (χ4v) is 2.25. The van der Waals surface area contributed by atoms with Crippen molar-refractivity contribution in [3.05, 3.63) is 0 Å². The molecule has 4 amide bonds. The minimum absolute atomic E-state index is 0.107. The molecular formula is C16H28N8O8. The van der Waals surface area contributed by atoms with Gasteiger partial charge in [-0.1, -0.05) is 0 Å². The number of hydrogen-bond donors (Lipinski definition) is 9. The molecule has 0 aliphatic heterocycles. The van der Waals surface area contributed by atoms with Gasteiger partial charge in [0.05, 0.1) is 25.4 Å². The first-order valence-electron chi connectivity index (χ1n) is 9.24. The van der Waals surface area contributed by atoms with Crippen LogP contribution in [0.2, 0.25) is 0 Å². The van der Waals surface area contributed by atoms with Crippen LogP contribution in [-0.4, -0.2) is 83.0 Å². The lowest BCUT2D eigenvalue weighted by Crippen LogP contribution is -2.54. The molecule has 0 spiro atoms. The summed E-state index contributed by atoms with van der Waals surface area (Å²) in [5.41, 5.74) is 20.9. The highest BCUT2D eigenvalue weighted by Gasteiger charge is 2.29. The normalized spacial score (nSPS) is 13.0. The quantitative estimate of drug-likeness (QED) is 0.0632. The monoisotopic (exact) mass is 460 g/mol. The van der Waals surface area contributed by atoms with Crippen LogP contribution in [0.5, 0.6) is 0 Å². The number of carboxylic acids is 2. The van der Waals surface area contributed by atoms with Gasteiger partial charge in [-0.2, -0.15) is 0 Å². The molecule has 3 atom stereocenters. The van der Waals surface area contributed by atoms with E-state index in [-0.39, 0.29) is 18.9 Å². The first-order chi connectivity index (χ1) is 14.8. The zero-order chi connectivity index (χ0) is 24.8. The van der Waals surface area contributed by atoms with Crippen LogP contribution in [0.1, 0.15) is 25.7 Å². The van der Waals surface area contributed by atoms with Crippen LogP contribution < -0.4 is 38.9 Å². The van der Waals surface area contributed by atoms with Crippen LogP contribution in [0.15, 0.2) is 4.99 Å². The molecule has 0 aromatic heterocycles. The van der Waals surface area contributed by atoms with Gasteiger partial charge >= 0.3 is 11.9 Å². The molecule has 0 aromatic carbocycles. The van der Waals surface area contributed by atoms with Gasteiger partial charge in [-0.15, -0.1) is 0 Å². The van der Waals surface area contributed by atoms with Crippen molar-refractivity contribution in [1.82, 2.24) is 16.0 Å². The van der Waals surface area contributed by atoms with E-state index in [2.05, 4.69) is 15.6 Å². The molecular weight excluding hydrogens is 432 g/mol. The summed E-state index contributed by atoms with van der Waals surface area (Å²) in [7, 11) is 0.